The Morgan fingerprint density at radius 2 is 2.16 bits per heavy atom. The highest BCUT2D eigenvalue weighted by atomic mass is 19.1. The molecule has 1 aliphatic carbocycles. The van der Waals surface area contributed by atoms with Crippen molar-refractivity contribution in [3.63, 3.8) is 0 Å². The molecule has 128 valence electrons. The molecule has 0 radical (unpaired) electrons. The SMILES string of the molecule is C[C@@H]1CCc2[nH]c3ccc(C(=O)NCc4cccc(F)c4)cc3c2C1. The molecule has 0 saturated carbocycles. The molecule has 0 unspecified atom stereocenters. The maximum atomic E-state index is 13.2. The van der Waals surface area contributed by atoms with Crippen LogP contribution in [0.1, 0.15) is 40.5 Å². The third-order valence-electron chi connectivity index (χ3n) is 5.04. The van der Waals surface area contributed by atoms with Crippen molar-refractivity contribution in [2.45, 2.75) is 32.7 Å². The van der Waals surface area contributed by atoms with E-state index in [0.717, 1.165) is 29.3 Å². The Hall–Kier alpha value is -2.62. The molecule has 25 heavy (non-hydrogen) atoms. The van der Waals surface area contributed by atoms with E-state index in [1.807, 2.05) is 18.2 Å². The predicted molar refractivity (Wildman–Crippen MR) is 97.1 cm³/mol. The molecule has 1 aromatic heterocycles. The van der Waals surface area contributed by atoms with E-state index in [2.05, 4.69) is 17.2 Å². The van der Waals surface area contributed by atoms with Crippen molar-refractivity contribution >= 4 is 16.8 Å². The first-order valence-corrected chi connectivity index (χ1v) is 8.76. The van der Waals surface area contributed by atoms with Gasteiger partial charge in [0, 0.05) is 28.7 Å². The second kappa shape index (κ2) is 6.36. The average molecular weight is 336 g/mol. The number of amides is 1. The van der Waals surface area contributed by atoms with Gasteiger partial charge in [-0.15, -0.1) is 0 Å². The average Bonchev–Trinajstić information content (AvgIpc) is 2.97. The van der Waals surface area contributed by atoms with Crippen LogP contribution in [0, 0.1) is 11.7 Å². The Kier molecular flexibility index (Phi) is 4.04. The highest BCUT2D eigenvalue weighted by Crippen LogP contribution is 2.32. The zero-order chi connectivity index (χ0) is 17.4. The molecule has 1 aliphatic rings. The van der Waals surface area contributed by atoms with Gasteiger partial charge in [-0.1, -0.05) is 19.1 Å². The van der Waals surface area contributed by atoms with Gasteiger partial charge in [0.25, 0.3) is 5.91 Å². The number of hydrogen-bond acceptors (Lipinski definition) is 1. The molecule has 0 spiro atoms. The summed E-state index contributed by atoms with van der Waals surface area (Å²) < 4.78 is 13.2. The molecule has 1 atom stereocenters. The normalized spacial score (nSPS) is 16.6. The molecule has 3 nitrogen and oxygen atoms in total. The zero-order valence-electron chi connectivity index (χ0n) is 14.2. The molecule has 2 N–H and O–H groups in total. The van der Waals surface area contributed by atoms with Gasteiger partial charge in [-0.05, 0) is 66.6 Å². The number of fused-ring (bicyclic) bond motifs is 3. The molecule has 0 bridgehead atoms. The van der Waals surface area contributed by atoms with Gasteiger partial charge in [0.05, 0.1) is 0 Å². The third kappa shape index (κ3) is 3.16. The summed E-state index contributed by atoms with van der Waals surface area (Å²) in [5.41, 5.74) is 5.16. The molecule has 1 amide bonds. The minimum atomic E-state index is -0.291. The van der Waals surface area contributed by atoms with Gasteiger partial charge >= 0.3 is 0 Å². The van der Waals surface area contributed by atoms with E-state index in [1.54, 1.807) is 12.1 Å². The smallest absolute Gasteiger partial charge is 0.251 e. The number of aryl methyl sites for hydroxylation is 1. The number of aromatic nitrogens is 1. The van der Waals surface area contributed by atoms with Crippen LogP contribution in [0.15, 0.2) is 42.5 Å². The summed E-state index contributed by atoms with van der Waals surface area (Å²) in [6.45, 7) is 2.59. The number of hydrogen-bond donors (Lipinski definition) is 2. The lowest BCUT2D eigenvalue weighted by Crippen LogP contribution is -2.22. The largest absolute Gasteiger partial charge is 0.358 e. The van der Waals surface area contributed by atoms with E-state index in [0.29, 0.717) is 18.0 Å². The summed E-state index contributed by atoms with van der Waals surface area (Å²) in [4.78, 5) is 16.0. The second-order valence-electron chi connectivity index (χ2n) is 7.00. The van der Waals surface area contributed by atoms with Gasteiger partial charge < -0.3 is 10.3 Å². The van der Waals surface area contributed by atoms with Gasteiger partial charge in [0.2, 0.25) is 0 Å². The van der Waals surface area contributed by atoms with Crippen LogP contribution < -0.4 is 5.32 Å². The van der Waals surface area contributed by atoms with E-state index < -0.39 is 0 Å². The van der Waals surface area contributed by atoms with Crippen LogP contribution in [-0.4, -0.2) is 10.9 Å². The Labute approximate surface area is 146 Å². The Bertz CT molecular complexity index is 944. The summed E-state index contributed by atoms with van der Waals surface area (Å²) in [5, 5.41) is 4.03. The van der Waals surface area contributed by atoms with E-state index in [4.69, 9.17) is 0 Å². The number of halogens is 1. The van der Waals surface area contributed by atoms with Crippen molar-refractivity contribution in [1.82, 2.24) is 10.3 Å². The summed E-state index contributed by atoms with van der Waals surface area (Å²) in [6, 6.07) is 12.1. The lowest BCUT2D eigenvalue weighted by molar-refractivity contribution is 0.0951. The predicted octanol–water partition coefficient (Wildman–Crippen LogP) is 4.36. The van der Waals surface area contributed by atoms with E-state index in [-0.39, 0.29) is 11.7 Å². The van der Waals surface area contributed by atoms with Gasteiger partial charge in [-0.3, -0.25) is 4.79 Å². The first-order valence-electron chi connectivity index (χ1n) is 8.76. The number of carbonyl (C=O) groups is 1. The van der Waals surface area contributed by atoms with Gasteiger partial charge in [-0.2, -0.15) is 0 Å². The summed E-state index contributed by atoms with van der Waals surface area (Å²) >= 11 is 0. The molecule has 0 saturated heterocycles. The van der Waals surface area contributed by atoms with Crippen LogP contribution in [0.25, 0.3) is 10.9 Å². The first-order chi connectivity index (χ1) is 12.1. The molecule has 1 heterocycles. The highest BCUT2D eigenvalue weighted by Gasteiger charge is 2.20. The van der Waals surface area contributed by atoms with Crippen molar-refractivity contribution in [1.29, 1.82) is 0 Å². The van der Waals surface area contributed by atoms with Crippen molar-refractivity contribution < 1.29 is 9.18 Å². The van der Waals surface area contributed by atoms with E-state index >= 15 is 0 Å². The summed E-state index contributed by atoms with van der Waals surface area (Å²) in [7, 11) is 0. The second-order valence-corrected chi connectivity index (χ2v) is 7.00. The summed E-state index contributed by atoms with van der Waals surface area (Å²) in [5.74, 6) is 0.253. The molecular formula is C21H21FN2O. The van der Waals surface area contributed by atoms with Crippen molar-refractivity contribution in [2.75, 3.05) is 0 Å². The number of aromatic amines is 1. The standard InChI is InChI=1S/C21H21FN2O/c1-13-5-7-19-17(9-13)18-11-15(6-8-20(18)24-19)21(25)23-12-14-3-2-4-16(22)10-14/h2-4,6,8,10-11,13,24H,5,7,9,12H2,1H3,(H,23,25)/t13-/m1/s1. The van der Waals surface area contributed by atoms with Crippen molar-refractivity contribution in [3.05, 3.63) is 70.7 Å². The fourth-order valence-corrected chi connectivity index (χ4v) is 3.66. The van der Waals surface area contributed by atoms with Crippen LogP contribution in [0.2, 0.25) is 0 Å². The fraction of sp³-hybridized carbons (Fsp3) is 0.286. The first kappa shape index (κ1) is 15.9. The van der Waals surface area contributed by atoms with Crippen LogP contribution in [0.5, 0.6) is 0 Å². The number of nitrogens with one attached hydrogen (secondary N) is 2. The third-order valence-corrected chi connectivity index (χ3v) is 5.04. The Balaban J connectivity index is 1.56. The number of H-pyrrole nitrogens is 1. The van der Waals surface area contributed by atoms with Gasteiger partial charge in [0.1, 0.15) is 5.82 Å². The minimum Gasteiger partial charge on any atom is -0.358 e. The maximum absolute atomic E-state index is 13.2. The molecule has 2 aromatic carbocycles. The highest BCUT2D eigenvalue weighted by molar-refractivity contribution is 5.99. The number of benzene rings is 2. The maximum Gasteiger partial charge on any atom is 0.251 e. The summed E-state index contributed by atoms with van der Waals surface area (Å²) in [6.07, 6.45) is 3.34. The Morgan fingerprint density at radius 1 is 1.28 bits per heavy atom. The van der Waals surface area contributed by atoms with Crippen LogP contribution in [-0.2, 0) is 19.4 Å². The molecular weight excluding hydrogens is 315 g/mol. The Morgan fingerprint density at radius 3 is 3.00 bits per heavy atom. The zero-order valence-corrected chi connectivity index (χ0v) is 14.2. The monoisotopic (exact) mass is 336 g/mol. The fourth-order valence-electron chi connectivity index (χ4n) is 3.66. The quantitative estimate of drug-likeness (QED) is 0.733. The molecule has 3 aromatic rings. The minimum absolute atomic E-state index is 0.134. The van der Waals surface area contributed by atoms with Crippen LogP contribution in [0.4, 0.5) is 4.39 Å². The lowest BCUT2D eigenvalue weighted by atomic mass is 9.87. The van der Waals surface area contributed by atoms with Gasteiger partial charge in [0.15, 0.2) is 0 Å². The van der Waals surface area contributed by atoms with Crippen LogP contribution >= 0.6 is 0 Å². The molecule has 4 rings (SSSR count). The topological polar surface area (TPSA) is 44.9 Å². The lowest BCUT2D eigenvalue weighted by Gasteiger charge is -2.18. The number of carbonyl (C=O) groups excluding carboxylic acids is 1. The van der Waals surface area contributed by atoms with E-state index in [9.17, 15) is 9.18 Å². The molecule has 0 fully saturated rings. The van der Waals surface area contributed by atoms with E-state index in [1.165, 1.54) is 29.8 Å². The molecule has 0 aliphatic heterocycles. The molecule has 4 heteroatoms. The van der Waals surface area contributed by atoms with Crippen molar-refractivity contribution in [3.8, 4) is 0 Å². The van der Waals surface area contributed by atoms with Crippen LogP contribution in [0.3, 0.4) is 0 Å². The van der Waals surface area contributed by atoms with Gasteiger partial charge in [-0.25, -0.2) is 4.39 Å². The van der Waals surface area contributed by atoms with Crippen molar-refractivity contribution in [2.24, 2.45) is 5.92 Å². The number of rotatable bonds is 3.